The third-order valence-electron chi connectivity index (χ3n) is 3.08. The van der Waals surface area contributed by atoms with Crippen molar-refractivity contribution in [2.75, 3.05) is 20.3 Å². The van der Waals surface area contributed by atoms with Crippen LogP contribution in [0.25, 0.3) is 10.4 Å². The average Bonchev–Trinajstić information content (AvgIpc) is 2.98. The van der Waals surface area contributed by atoms with E-state index in [0.717, 1.165) is 10.4 Å². The molecule has 1 atom stereocenters. The molecule has 2 rings (SSSR count). The number of nitrogens with one attached hydrogen (secondary N) is 1. The molecular weight excluding hydrogens is 322 g/mol. The van der Waals surface area contributed by atoms with Crippen molar-refractivity contribution in [2.45, 2.75) is 12.5 Å². The van der Waals surface area contributed by atoms with Crippen molar-refractivity contribution in [1.82, 2.24) is 5.32 Å². The first-order valence-corrected chi connectivity index (χ1v) is 8.10. The number of benzene rings is 1. The Hall–Kier alpha value is -1.40. The molecule has 0 saturated heterocycles. The van der Waals surface area contributed by atoms with Crippen molar-refractivity contribution >= 4 is 28.8 Å². The lowest BCUT2D eigenvalue weighted by molar-refractivity contribution is 0.0588. The number of methoxy groups -OCH3 is 1. The Bertz CT molecular complexity index is 612. The first-order chi connectivity index (χ1) is 10.6. The number of hydrogen-bond acceptors (Lipinski definition) is 4. The summed E-state index contributed by atoms with van der Waals surface area (Å²) in [5.74, 6) is -0.130. The number of aliphatic hydroxyl groups is 1. The molecule has 0 aliphatic heterocycles. The first kappa shape index (κ1) is 17.0. The number of ether oxygens (including phenoxy) is 1. The summed E-state index contributed by atoms with van der Waals surface area (Å²) >= 11 is 7.30. The first-order valence-electron chi connectivity index (χ1n) is 6.91. The highest BCUT2D eigenvalue weighted by atomic mass is 35.5. The molecule has 1 unspecified atom stereocenters. The summed E-state index contributed by atoms with van der Waals surface area (Å²) in [4.78, 5) is 13.7. The highest BCUT2D eigenvalue weighted by Gasteiger charge is 2.11. The molecule has 1 amide bonds. The molecule has 2 N–H and O–H groups in total. The van der Waals surface area contributed by atoms with Crippen molar-refractivity contribution in [3.8, 4) is 10.4 Å². The van der Waals surface area contributed by atoms with Gasteiger partial charge in [-0.2, -0.15) is 0 Å². The number of carbonyl (C=O) groups is 1. The third-order valence-corrected chi connectivity index (χ3v) is 4.47. The molecule has 0 aliphatic rings. The van der Waals surface area contributed by atoms with Crippen LogP contribution in [0.5, 0.6) is 0 Å². The lowest BCUT2D eigenvalue weighted by Crippen LogP contribution is -2.27. The monoisotopic (exact) mass is 339 g/mol. The van der Waals surface area contributed by atoms with Crippen LogP contribution >= 0.6 is 22.9 Å². The van der Waals surface area contributed by atoms with E-state index in [2.05, 4.69) is 5.32 Å². The minimum atomic E-state index is -0.557. The maximum atomic E-state index is 12.0. The van der Waals surface area contributed by atoms with Crippen LogP contribution in [-0.4, -0.2) is 37.4 Å². The second-order valence-corrected chi connectivity index (χ2v) is 6.34. The van der Waals surface area contributed by atoms with Crippen LogP contribution in [0.3, 0.4) is 0 Å². The quantitative estimate of drug-likeness (QED) is 0.814. The Balaban J connectivity index is 1.90. The zero-order chi connectivity index (χ0) is 15.9. The molecule has 1 aromatic carbocycles. The Morgan fingerprint density at radius 2 is 2.05 bits per heavy atom. The molecule has 0 bridgehead atoms. The number of thiophene rings is 1. The van der Waals surface area contributed by atoms with E-state index in [0.29, 0.717) is 22.9 Å². The van der Waals surface area contributed by atoms with Crippen molar-refractivity contribution < 1.29 is 14.6 Å². The van der Waals surface area contributed by atoms with Gasteiger partial charge >= 0.3 is 0 Å². The van der Waals surface area contributed by atoms with Crippen molar-refractivity contribution in [1.29, 1.82) is 0 Å². The summed E-state index contributed by atoms with van der Waals surface area (Å²) in [5.41, 5.74) is 1.03. The Morgan fingerprint density at radius 1 is 1.32 bits per heavy atom. The van der Waals surface area contributed by atoms with Gasteiger partial charge in [0.05, 0.1) is 17.6 Å². The average molecular weight is 340 g/mol. The molecule has 0 spiro atoms. The Morgan fingerprint density at radius 3 is 2.73 bits per heavy atom. The van der Waals surface area contributed by atoms with Crippen molar-refractivity contribution in [2.24, 2.45) is 0 Å². The summed E-state index contributed by atoms with van der Waals surface area (Å²) < 4.78 is 4.84. The molecule has 6 heteroatoms. The second-order valence-electron chi connectivity index (χ2n) is 4.82. The maximum Gasteiger partial charge on any atom is 0.261 e. The predicted molar refractivity (Wildman–Crippen MR) is 89.6 cm³/mol. The summed E-state index contributed by atoms with van der Waals surface area (Å²) in [6.07, 6.45) is -0.0899. The zero-order valence-corrected chi connectivity index (χ0v) is 13.8. The summed E-state index contributed by atoms with van der Waals surface area (Å²) in [6.45, 7) is 0.688. The third kappa shape index (κ3) is 4.81. The van der Waals surface area contributed by atoms with E-state index in [1.807, 2.05) is 30.3 Å². The number of amides is 1. The molecule has 22 heavy (non-hydrogen) atoms. The van der Waals surface area contributed by atoms with Crippen LogP contribution in [0.15, 0.2) is 36.4 Å². The Labute approximate surface area is 138 Å². The maximum absolute atomic E-state index is 12.0. The topological polar surface area (TPSA) is 58.6 Å². The predicted octanol–water partition coefficient (Wildman–Crippen LogP) is 3.20. The fourth-order valence-electron chi connectivity index (χ4n) is 1.94. The van der Waals surface area contributed by atoms with Gasteiger partial charge in [-0.1, -0.05) is 23.7 Å². The minimum Gasteiger partial charge on any atom is -0.391 e. The van der Waals surface area contributed by atoms with Crippen LogP contribution in [-0.2, 0) is 4.74 Å². The van der Waals surface area contributed by atoms with Gasteiger partial charge in [-0.25, -0.2) is 0 Å². The SMILES string of the molecule is COCC(O)CCNC(=O)c1ccc(-c2ccc(Cl)cc2)s1. The molecule has 0 radical (unpaired) electrons. The van der Waals surface area contributed by atoms with Crippen LogP contribution in [0.2, 0.25) is 5.02 Å². The van der Waals surface area contributed by atoms with E-state index in [9.17, 15) is 9.90 Å². The van der Waals surface area contributed by atoms with Crippen LogP contribution in [0.4, 0.5) is 0 Å². The van der Waals surface area contributed by atoms with Crippen LogP contribution in [0, 0.1) is 0 Å². The van der Waals surface area contributed by atoms with Crippen LogP contribution in [0.1, 0.15) is 16.1 Å². The van der Waals surface area contributed by atoms with E-state index < -0.39 is 6.10 Å². The van der Waals surface area contributed by atoms with Gasteiger partial charge in [0.1, 0.15) is 0 Å². The molecule has 4 nitrogen and oxygen atoms in total. The second kappa shape index (κ2) is 8.29. The number of carbonyl (C=O) groups excluding carboxylic acids is 1. The number of aliphatic hydroxyl groups excluding tert-OH is 1. The molecule has 0 fully saturated rings. The number of halogens is 1. The van der Waals surface area contributed by atoms with E-state index in [1.165, 1.54) is 18.4 Å². The molecule has 0 saturated carbocycles. The molecule has 2 aromatic rings. The van der Waals surface area contributed by atoms with Gasteiger partial charge in [-0.15, -0.1) is 11.3 Å². The minimum absolute atomic E-state index is 0.130. The molecule has 118 valence electrons. The summed E-state index contributed by atoms with van der Waals surface area (Å²) in [5, 5.41) is 13.0. The fourth-order valence-corrected chi connectivity index (χ4v) is 3.00. The van der Waals surface area contributed by atoms with E-state index >= 15 is 0 Å². The van der Waals surface area contributed by atoms with Gasteiger partial charge in [-0.3, -0.25) is 4.79 Å². The van der Waals surface area contributed by atoms with Gasteiger partial charge in [0.2, 0.25) is 0 Å². The van der Waals surface area contributed by atoms with Gasteiger partial charge in [0, 0.05) is 23.6 Å². The van der Waals surface area contributed by atoms with E-state index in [-0.39, 0.29) is 12.5 Å². The van der Waals surface area contributed by atoms with Gasteiger partial charge in [0.15, 0.2) is 0 Å². The molecule has 0 aliphatic carbocycles. The molecule has 1 heterocycles. The normalized spacial score (nSPS) is 12.1. The van der Waals surface area contributed by atoms with Crippen molar-refractivity contribution in [3.05, 3.63) is 46.3 Å². The standard InChI is InChI=1S/C16H18ClNO3S/c1-21-10-13(19)8-9-18-16(20)15-7-6-14(22-15)11-2-4-12(17)5-3-11/h2-7,13,19H,8-10H2,1H3,(H,18,20). The van der Waals surface area contributed by atoms with E-state index in [4.69, 9.17) is 16.3 Å². The molecule has 1 aromatic heterocycles. The van der Waals surface area contributed by atoms with E-state index in [1.54, 1.807) is 6.07 Å². The van der Waals surface area contributed by atoms with Gasteiger partial charge in [0.25, 0.3) is 5.91 Å². The largest absolute Gasteiger partial charge is 0.391 e. The highest BCUT2D eigenvalue weighted by molar-refractivity contribution is 7.17. The zero-order valence-electron chi connectivity index (χ0n) is 12.2. The van der Waals surface area contributed by atoms with Gasteiger partial charge in [-0.05, 0) is 36.2 Å². The lowest BCUT2D eigenvalue weighted by Gasteiger charge is -2.09. The smallest absolute Gasteiger partial charge is 0.261 e. The number of hydrogen-bond donors (Lipinski definition) is 2. The lowest BCUT2D eigenvalue weighted by atomic mass is 10.2. The van der Waals surface area contributed by atoms with Gasteiger partial charge < -0.3 is 15.2 Å². The molecular formula is C16H18ClNO3S. The van der Waals surface area contributed by atoms with Crippen LogP contribution < -0.4 is 5.32 Å². The summed E-state index contributed by atoms with van der Waals surface area (Å²) in [6, 6.07) is 11.2. The highest BCUT2D eigenvalue weighted by Crippen LogP contribution is 2.28. The fraction of sp³-hybridized carbons (Fsp3) is 0.312. The number of rotatable bonds is 7. The van der Waals surface area contributed by atoms with Crippen molar-refractivity contribution in [3.63, 3.8) is 0 Å². The summed E-state index contributed by atoms with van der Waals surface area (Å²) in [7, 11) is 1.53. The Kier molecular flexibility index (Phi) is 6.39.